The van der Waals surface area contributed by atoms with E-state index in [4.69, 9.17) is 5.73 Å². The van der Waals surface area contributed by atoms with E-state index in [9.17, 15) is 0 Å². The fourth-order valence-electron chi connectivity index (χ4n) is 2.34. The highest BCUT2D eigenvalue weighted by Gasteiger charge is 2.11. The van der Waals surface area contributed by atoms with E-state index in [1.165, 1.54) is 10.6 Å². The quantitative estimate of drug-likeness (QED) is 0.570. The number of fused-ring (bicyclic) bond motifs is 1. The Labute approximate surface area is 116 Å². The first-order valence-electron chi connectivity index (χ1n) is 6.08. The molecule has 96 valence electrons. The molecule has 0 saturated heterocycles. The SMILES string of the molecule is CSc1ccccc1-n1c(C)nc2cc(N)ccc21. The molecule has 4 heteroatoms. The number of para-hydroxylation sites is 1. The maximum absolute atomic E-state index is 5.82. The molecule has 0 amide bonds. The third-order valence-electron chi connectivity index (χ3n) is 3.17. The Kier molecular flexibility index (Phi) is 2.95. The van der Waals surface area contributed by atoms with Gasteiger partial charge in [-0.1, -0.05) is 12.1 Å². The van der Waals surface area contributed by atoms with Crippen molar-refractivity contribution in [3.8, 4) is 5.69 Å². The van der Waals surface area contributed by atoms with Gasteiger partial charge in [0, 0.05) is 10.6 Å². The van der Waals surface area contributed by atoms with Crippen LogP contribution in [0.15, 0.2) is 47.4 Å². The summed E-state index contributed by atoms with van der Waals surface area (Å²) in [5.74, 6) is 0.974. The van der Waals surface area contributed by atoms with Crippen molar-refractivity contribution in [2.24, 2.45) is 0 Å². The molecule has 0 bridgehead atoms. The first-order valence-corrected chi connectivity index (χ1v) is 7.31. The first-order chi connectivity index (χ1) is 9.20. The molecule has 0 unspecified atom stereocenters. The van der Waals surface area contributed by atoms with E-state index in [-0.39, 0.29) is 0 Å². The van der Waals surface area contributed by atoms with Crippen LogP contribution in [-0.2, 0) is 0 Å². The van der Waals surface area contributed by atoms with Crippen molar-refractivity contribution in [3.63, 3.8) is 0 Å². The summed E-state index contributed by atoms with van der Waals surface area (Å²) in [5.41, 5.74) is 9.77. The lowest BCUT2D eigenvalue weighted by Crippen LogP contribution is -1.98. The number of thioether (sulfide) groups is 1. The highest BCUT2D eigenvalue weighted by Crippen LogP contribution is 2.29. The standard InChI is InChI=1S/C15H15N3S/c1-10-17-12-9-11(16)7-8-13(12)18(10)14-5-3-4-6-15(14)19-2/h3-9H,16H2,1-2H3. The fraction of sp³-hybridized carbons (Fsp3) is 0.133. The Hall–Kier alpha value is -1.94. The number of hydrogen-bond acceptors (Lipinski definition) is 3. The lowest BCUT2D eigenvalue weighted by atomic mass is 10.2. The highest BCUT2D eigenvalue weighted by atomic mass is 32.2. The van der Waals surface area contributed by atoms with Crippen LogP contribution in [0.25, 0.3) is 16.7 Å². The van der Waals surface area contributed by atoms with E-state index in [1.54, 1.807) is 11.8 Å². The largest absolute Gasteiger partial charge is 0.399 e. The van der Waals surface area contributed by atoms with Gasteiger partial charge in [0.1, 0.15) is 5.82 Å². The zero-order valence-corrected chi connectivity index (χ0v) is 11.7. The molecule has 0 spiro atoms. The van der Waals surface area contributed by atoms with Crippen molar-refractivity contribution >= 4 is 28.5 Å². The number of nitrogen functional groups attached to an aromatic ring is 1. The number of hydrogen-bond donors (Lipinski definition) is 1. The molecule has 0 saturated carbocycles. The van der Waals surface area contributed by atoms with Gasteiger partial charge >= 0.3 is 0 Å². The van der Waals surface area contributed by atoms with E-state index >= 15 is 0 Å². The summed E-state index contributed by atoms with van der Waals surface area (Å²) in [5, 5.41) is 0. The van der Waals surface area contributed by atoms with Crippen LogP contribution in [0.3, 0.4) is 0 Å². The fourth-order valence-corrected chi connectivity index (χ4v) is 2.92. The lowest BCUT2D eigenvalue weighted by Gasteiger charge is -2.11. The van der Waals surface area contributed by atoms with E-state index in [0.717, 1.165) is 22.5 Å². The molecular formula is C15H15N3S. The van der Waals surface area contributed by atoms with Crippen molar-refractivity contribution in [2.75, 3.05) is 12.0 Å². The smallest absolute Gasteiger partial charge is 0.111 e. The topological polar surface area (TPSA) is 43.8 Å². The summed E-state index contributed by atoms with van der Waals surface area (Å²) in [6, 6.07) is 14.2. The van der Waals surface area contributed by atoms with Crippen molar-refractivity contribution in [1.82, 2.24) is 9.55 Å². The van der Waals surface area contributed by atoms with Crippen LogP contribution in [0.5, 0.6) is 0 Å². The van der Waals surface area contributed by atoms with Gasteiger partial charge in [-0.2, -0.15) is 0 Å². The maximum atomic E-state index is 5.82. The zero-order chi connectivity index (χ0) is 13.4. The van der Waals surface area contributed by atoms with E-state index in [1.807, 2.05) is 25.1 Å². The van der Waals surface area contributed by atoms with Crippen LogP contribution < -0.4 is 5.73 Å². The molecular weight excluding hydrogens is 254 g/mol. The summed E-state index contributed by atoms with van der Waals surface area (Å²) >= 11 is 1.74. The van der Waals surface area contributed by atoms with Gasteiger partial charge in [-0.05, 0) is 43.5 Å². The molecule has 2 N–H and O–H groups in total. The molecule has 3 aromatic rings. The minimum Gasteiger partial charge on any atom is -0.399 e. The van der Waals surface area contributed by atoms with Crippen molar-refractivity contribution in [1.29, 1.82) is 0 Å². The molecule has 3 nitrogen and oxygen atoms in total. The molecule has 19 heavy (non-hydrogen) atoms. The summed E-state index contributed by atoms with van der Waals surface area (Å²) in [6.45, 7) is 2.02. The number of aryl methyl sites for hydroxylation is 1. The van der Waals surface area contributed by atoms with Gasteiger partial charge in [0.25, 0.3) is 0 Å². The minimum atomic E-state index is 0.746. The van der Waals surface area contributed by atoms with Crippen LogP contribution >= 0.6 is 11.8 Å². The molecule has 0 radical (unpaired) electrons. The predicted octanol–water partition coefficient (Wildman–Crippen LogP) is 3.64. The second kappa shape index (κ2) is 4.63. The maximum Gasteiger partial charge on any atom is 0.111 e. The Morgan fingerprint density at radius 2 is 1.95 bits per heavy atom. The Bertz CT molecular complexity index is 746. The molecule has 0 aliphatic rings. The Balaban J connectivity index is 2.33. The van der Waals surface area contributed by atoms with Crippen molar-refractivity contribution < 1.29 is 0 Å². The monoisotopic (exact) mass is 269 g/mol. The second-order valence-corrected chi connectivity index (χ2v) is 5.26. The molecule has 1 heterocycles. The minimum absolute atomic E-state index is 0.746. The molecule has 0 fully saturated rings. The molecule has 2 aromatic carbocycles. The van der Waals surface area contributed by atoms with Crippen LogP contribution in [0, 0.1) is 6.92 Å². The Morgan fingerprint density at radius 3 is 2.74 bits per heavy atom. The van der Waals surface area contributed by atoms with Crippen LogP contribution in [0.2, 0.25) is 0 Å². The van der Waals surface area contributed by atoms with Gasteiger partial charge in [-0.15, -0.1) is 11.8 Å². The predicted molar refractivity (Wildman–Crippen MR) is 82.0 cm³/mol. The molecule has 0 aliphatic carbocycles. The molecule has 0 aliphatic heterocycles. The second-order valence-electron chi connectivity index (χ2n) is 4.41. The number of imidazole rings is 1. The normalized spacial score (nSPS) is 11.1. The summed E-state index contributed by atoms with van der Waals surface area (Å²) in [6.07, 6.45) is 2.09. The highest BCUT2D eigenvalue weighted by molar-refractivity contribution is 7.98. The van der Waals surface area contributed by atoms with Gasteiger partial charge in [0.15, 0.2) is 0 Å². The first kappa shape index (κ1) is 12.1. The lowest BCUT2D eigenvalue weighted by molar-refractivity contribution is 0.978. The number of benzene rings is 2. The van der Waals surface area contributed by atoms with Gasteiger partial charge in [0.2, 0.25) is 0 Å². The number of anilines is 1. The number of aromatic nitrogens is 2. The van der Waals surface area contributed by atoms with Gasteiger partial charge in [0.05, 0.1) is 16.7 Å². The van der Waals surface area contributed by atoms with Gasteiger partial charge < -0.3 is 5.73 Å². The number of rotatable bonds is 2. The third-order valence-corrected chi connectivity index (χ3v) is 3.96. The summed E-state index contributed by atoms with van der Waals surface area (Å²) in [7, 11) is 0. The van der Waals surface area contributed by atoms with Crippen molar-refractivity contribution in [3.05, 3.63) is 48.3 Å². The van der Waals surface area contributed by atoms with Gasteiger partial charge in [-0.25, -0.2) is 4.98 Å². The summed E-state index contributed by atoms with van der Waals surface area (Å²) < 4.78 is 2.18. The van der Waals surface area contributed by atoms with Gasteiger partial charge in [-0.3, -0.25) is 4.57 Å². The van der Waals surface area contributed by atoms with Crippen molar-refractivity contribution in [2.45, 2.75) is 11.8 Å². The van der Waals surface area contributed by atoms with E-state index < -0.39 is 0 Å². The zero-order valence-electron chi connectivity index (χ0n) is 10.9. The van der Waals surface area contributed by atoms with Crippen LogP contribution in [-0.4, -0.2) is 15.8 Å². The molecule has 1 aromatic heterocycles. The van der Waals surface area contributed by atoms with E-state index in [2.05, 4.69) is 40.1 Å². The average Bonchev–Trinajstić information content (AvgIpc) is 2.73. The van der Waals surface area contributed by atoms with Crippen LogP contribution in [0.4, 0.5) is 5.69 Å². The summed E-state index contributed by atoms with van der Waals surface area (Å²) in [4.78, 5) is 5.84. The molecule has 0 atom stereocenters. The van der Waals surface area contributed by atoms with E-state index in [0.29, 0.717) is 0 Å². The number of nitrogens with two attached hydrogens (primary N) is 1. The molecule has 3 rings (SSSR count). The average molecular weight is 269 g/mol. The Morgan fingerprint density at radius 1 is 1.16 bits per heavy atom. The third kappa shape index (κ3) is 1.98. The number of nitrogens with zero attached hydrogens (tertiary/aromatic N) is 2. The van der Waals surface area contributed by atoms with Crippen LogP contribution in [0.1, 0.15) is 5.82 Å².